The fourth-order valence-corrected chi connectivity index (χ4v) is 2.16. The normalized spacial score (nSPS) is 10.4. The average Bonchev–Trinajstić information content (AvgIpc) is 2.32. The van der Waals surface area contributed by atoms with E-state index in [1.165, 1.54) is 6.07 Å². The van der Waals surface area contributed by atoms with E-state index in [0.29, 0.717) is 26.6 Å². The minimum Gasteiger partial charge on any atom is -0.487 e. The van der Waals surface area contributed by atoms with Crippen molar-refractivity contribution in [2.45, 2.75) is 6.61 Å². The van der Waals surface area contributed by atoms with Gasteiger partial charge in [0.05, 0.1) is 9.26 Å². The molecule has 5 heteroatoms. The standard InChI is InChI=1S/C13H10ClFINO/c14-9-3-1-2-8(4-9)7-18-13-5-10(15)11(16)6-12(13)17/h1-6H,7,17H2. The van der Waals surface area contributed by atoms with Crippen molar-refractivity contribution in [3.8, 4) is 5.75 Å². The molecule has 0 aromatic heterocycles. The smallest absolute Gasteiger partial charge is 0.145 e. The van der Waals surface area contributed by atoms with Crippen molar-refractivity contribution in [3.63, 3.8) is 0 Å². The van der Waals surface area contributed by atoms with Crippen LogP contribution in [0, 0.1) is 9.39 Å². The molecule has 94 valence electrons. The fraction of sp³-hybridized carbons (Fsp3) is 0.0769. The van der Waals surface area contributed by atoms with Crippen LogP contribution in [0.25, 0.3) is 0 Å². The Morgan fingerprint density at radius 2 is 2.06 bits per heavy atom. The highest BCUT2D eigenvalue weighted by atomic mass is 127. The van der Waals surface area contributed by atoms with Gasteiger partial charge in [-0.2, -0.15) is 0 Å². The molecular weight excluding hydrogens is 368 g/mol. The number of halogens is 3. The van der Waals surface area contributed by atoms with Crippen molar-refractivity contribution in [1.82, 2.24) is 0 Å². The second kappa shape index (κ2) is 5.75. The zero-order valence-electron chi connectivity index (χ0n) is 9.29. The molecule has 0 saturated carbocycles. The molecular formula is C13H10ClFINO. The molecule has 0 aliphatic heterocycles. The highest BCUT2D eigenvalue weighted by Gasteiger charge is 2.07. The van der Waals surface area contributed by atoms with Crippen molar-refractivity contribution in [1.29, 1.82) is 0 Å². The van der Waals surface area contributed by atoms with Gasteiger partial charge in [0.2, 0.25) is 0 Å². The fourth-order valence-electron chi connectivity index (χ4n) is 1.46. The van der Waals surface area contributed by atoms with Gasteiger partial charge in [-0.15, -0.1) is 0 Å². The summed E-state index contributed by atoms with van der Waals surface area (Å²) >= 11 is 7.75. The molecule has 2 nitrogen and oxygen atoms in total. The number of benzene rings is 2. The lowest BCUT2D eigenvalue weighted by Gasteiger charge is -2.10. The summed E-state index contributed by atoms with van der Waals surface area (Å²) < 4.78 is 19.3. The predicted octanol–water partition coefficient (Wildman–Crippen LogP) is 4.24. The number of nitrogens with two attached hydrogens (primary N) is 1. The van der Waals surface area contributed by atoms with Crippen LogP contribution in [-0.2, 0) is 6.61 Å². The summed E-state index contributed by atoms with van der Waals surface area (Å²) in [6.07, 6.45) is 0. The lowest BCUT2D eigenvalue weighted by molar-refractivity contribution is 0.306. The van der Waals surface area contributed by atoms with Gasteiger partial charge in [0.25, 0.3) is 0 Å². The molecule has 0 amide bonds. The van der Waals surface area contributed by atoms with Crippen molar-refractivity contribution >= 4 is 39.9 Å². The zero-order chi connectivity index (χ0) is 13.1. The summed E-state index contributed by atoms with van der Waals surface area (Å²) in [5.41, 5.74) is 7.08. The van der Waals surface area contributed by atoms with Crippen LogP contribution < -0.4 is 10.5 Å². The van der Waals surface area contributed by atoms with E-state index in [4.69, 9.17) is 22.1 Å². The van der Waals surface area contributed by atoms with Crippen molar-refractivity contribution in [3.05, 3.63) is 56.4 Å². The maximum atomic E-state index is 13.4. The Bertz CT molecular complexity index is 577. The number of ether oxygens (including phenoxy) is 1. The van der Waals surface area contributed by atoms with Gasteiger partial charge in [-0.05, 0) is 46.4 Å². The molecule has 0 heterocycles. The van der Waals surface area contributed by atoms with Crippen LogP contribution in [0.5, 0.6) is 5.75 Å². The minimum absolute atomic E-state index is 0.296. The molecule has 0 saturated heterocycles. The van der Waals surface area contributed by atoms with Crippen molar-refractivity contribution < 1.29 is 9.13 Å². The van der Waals surface area contributed by atoms with E-state index in [-0.39, 0.29) is 5.82 Å². The monoisotopic (exact) mass is 377 g/mol. The minimum atomic E-state index is -0.342. The van der Waals surface area contributed by atoms with Gasteiger partial charge in [0, 0.05) is 11.1 Å². The van der Waals surface area contributed by atoms with Gasteiger partial charge in [-0.1, -0.05) is 23.7 Å². The third-order valence-corrected chi connectivity index (χ3v) is 3.40. The lowest BCUT2D eigenvalue weighted by atomic mass is 10.2. The SMILES string of the molecule is Nc1cc(I)c(F)cc1OCc1cccc(Cl)c1. The summed E-state index contributed by atoms with van der Waals surface area (Å²) in [7, 11) is 0. The Labute approximate surface area is 123 Å². The molecule has 2 rings (SSSR count). The molecule has 0 aliphatic carbocycles. The molecule has 2 aromatic carbocycles. The van der Waals surface area contributed by atoms with E-state index in [2.05, 4.69) is 0 Å². The first-order valence-corrected chi connectivity index (χ1v) is 6.63. The largest absolute Gasteiger partial charge is 0.487 e. The second-order valence-corrected chi connectivity index (χ2v) is 5.32. The van der Waals surface area contributed by atoms with E-state index in [1.54, 1.807) is 18.2 Å². The molecule has 2 aromatic rings. The van der Waals surface area contributed by atoms with Crippen LogP contribution in [0.1, 0.15) is 5.56 Å². The van der Waals surface area contributed by atoms with Crippen LogP contribution in [-0.4, -0.2) is 0 Å². The highest BCUT2D eigenvalue weighted by Crippen LogP contribution is 2.27. The maximum absolute atomic E-state index is 13.4. The van der Waals surface area contributed by atoms with Gasteiger partial charge >= 0.3 is 0 Å². The van der Waals surface area contributed by atoms with Gasteiger partial charge in [-0.3, -0.25) is 0 Å². The molecule has 0 radical (unpaired) electrons. The lowest BCUT2D eigenvalue weighted by Crippen LogP contribution is -2.00. The molecule has 0 spiro atoms. The summed E-state index contributed by atoms with van der Waals surface area (Å²) in [4.78, 5) is 0. The number of hydrogen-bond acceptors (Lipinski definition) is 2. The number of nitrogen functional groups attached to an aromatic ring is 1. The molecule has 0 aliphatic rings. The van der Waals surface area contributed by atoms with Crippen LogP contribution in [0.2, 0.25) is 5.02 Å². The maximum Gasteiger partial charge on any atom is 0.145 e. The average molecular weight is 378 g/mol. The van der Waals surface area contributed by atoms with Crippen molar-refractivity contribution in [2.75, 3.05) is 5.73 Å². The predicted molar refractivity (Wildman–Crippen MR) is 79.3 cm³/mol. The molecule has 0 unspecified atom stereocenters. The van der Waals surface area contributed by atoms with Crippen LogP contribution in [0.4, 0.5) is 10.1 Å². The second-order valence-electron chi connectivity index (χ2n) is 3.72. The van der Waals surface area contributed by atoms with Crippen LogP contribution in [0.15, 0.2) is 36.4 Å². The Balaban J connectivity index is 2.13. The molecule has 0 fully saturated rings. The quantitative estimate of drug-likeness (QED) is 0.641. The summed E-state index contributed by atoms with van der Waals surface area (Å²) in [5.74, 6) is -0.00112. The van der Waals surface area contributed by atoms with E-state index < -0.39 is 0 Å². The van der Waals surface area contributed by atoms with Crippen LogP contribution in [0.3, 0.4) is 0 Å². The summed E-state index contributed by atoms with van der Waals surface area (Å²) in [6, 6.07) is 10.1. The molecule has 2 N–H and O–H groups in total. The number of rotatable bonds is 3. The Kier molecular flexibility index (Phi) is 4.29. The summed E-state index contributed by atoms with van der Waals surface area (Å²) in [6.45, 7) is 0.296. The Morgan fingerprint density at radius 3 is 2.78 bits per heavy atom. The number of anilines is 1. The van der Waals surface area contributed by atoms with Crippen molar-refractivity contribution in [2.24, 2.45) is 0 Å². The Hall–Kier alpha value is -1.01. The summed E-state index contributed by atoms with van der Waals surface area (Å²) in [5, 5.41) is 0.637. The van der Waals surface area contributed by atoms with Crippen LogP contribution >= 0.6 is 34.2 Å². The van der Waals surface area contributed by atoms with E-state index in [9.17, 15) is 4.39 Å². The number of hydrogen-bond donors (Lipinski definition) is 1. The first-order chi connectivity index (χ1) is 8.56. The molecule has 18 heavy (non-hydrogen) atoms. The van der Waals surface area contributed by atoms with Gasteiger partial charge in [0.15, 0.2) is 0 Å². The van der Waals surface area contributed by atoms with Gasteiger partial charge in [-0.25, -0.2) is 4.39 Å². The van der Waals surface area contributed by atoms with Gasteiger partial charge < -0.3 is 10.5 Å². The zero-order valence-corrected chi connectivity index (χ0v) is 12.2. The topological polar surface area (TPSA) is 35.2 Å². The van der Waals surface area contributed by atoms with E-state index >= 15 is 0 Å². The molecule has 0 bridgehead atoms. The third kappa shape index (κ3) is 3.26. The van der Waals surface area contributed by atoms with E-state index in [1.807, 2.05) is 34.7 Å². The third-order valence-electron chi connectivity index (χ3n) is 2.34. The first-order valence-electron chi connectivity index (χ1n) is 5.18. The molecule has 0 atom stereocenters. The van der Waals surface area contributed by atoms with E-state index in [0.717, 1.165) is 5.56 Å². The Morgan fingerprint density at radius 1 is 1.28 bits per heavy atom. The van der Waals surface area contributed by atoms with Gasteiger partial charge in [0.1, 0.15) is 18.2 Å². The highest BCUT2D eigenvalue weighted by molar-refractivity contribution is 14.1. The first kappa shape index (κ1) is 13.4.